The van der Waals surface area contributed by atoms with E-state index in [-0.39, 0.29) is 17.1 Å². The third kappa shape index (κ3) is 6.34. The fourth-order valence-electron chi connectivity index (χ4n) is 3.17. The van der Waals surface area contributed by atoms with Gasteiger partial charge in [0, 0.05) is 6.54 Å². The van der Waals surface area contributed by atoms with Gasteiger partial charge in [-0.1, -0.05) is 35.9 Å². The molecule has 0 radical (unpaired) electrons. The average Bonchev–Trinajstić information content (AvgIpc) is 2.78. The van der Waals surface area contributed by atoms with Crippen molar-refractivity contribution in [1.29, 1.82) is 0 Å². The molecular formula is C24H22F4N2O3S. The van der Waals surface area contributed by atoms with Crippen LogP contribution in [0.1, 0.15) is 16.7 Å². The van der Waals surface area contributed by atoms with Gasteiger partial charge in [-0.05, 0) is 61.4 Å². The summed E-state index contributed by atoms with van der Waals surface area (Å²) in [5.74, 6) is -1.10. The smallest absolute Gasteiger partial charge is 0.354 e. The summed E-state index contributed by atoms with van der Waals surface area (Å²) in [6.45, 7) is 1.17. The number of sulfonamides is 1. The van der Waals surface area contributed by atoms with Crippen molar-refractivity contribution in [3.8, 4) is 0 Å². The number of hydrogen-bond acceptors (Lipinski definition) is 3. The van der Waals surface area contributed by atoms with Crippen molar-refractivity contribution in [1.82, 2.24) is 5.32 Å². The molecule has 0 heterocycles. The molecular weight excluding hydrogens is 472 g/mol. The van der Waals surface area contributed by atoms with E-state index >= 15 is 0 Å². The van der Waals surface area contributed by atoms with Gasteiger partial charge in [0.2, 0.25) is 5.91 Å². The quantitative estimate of drug-likeness (QED) is 0.462. The number of hydrogen-bond donors (Lipinski definition) is 1. The molecule has 3 rings (SSSR count). The first-order valence-electron chi connectivity index (χ1n) is 10.2. The number of benzene rings is 3. The molecule has 1 N–H and O–H groups in total. The third-order valence-corrected chi connectivity index (χ3v) is 6.79. The Kier molecular flexibility index (Phi) is 7.61. The Morgan fingerprint density at radius 2 is 1.62 bits per heavy atom. The monoisotopic (exact) mass is 494 g/mol. The van der Waals surface area contributed by atoms with Crippen molar-refractivity contribution in [3.63, 3.8) is 0 Å². The van der Waals surface area contributed by atoms with E-state index < -0.39 is 40.0 Å². The fourth-order valence-corrected chi connectivity index (χ4v) is 4.59. The highest BCUT2D eigenvalue weighted by atomic mass is 32.2. The molecule has 0 fully saturated rings. The zero-order valence-corrected chi connectivity index (χ0v) is 19.0. The Hall–Kier alpha value is -3.40. The lowest BCUT2D eigenvalue weighted by Crippen LogP contribution is -2.41. The molecule has 10 heteroatoms. The molecule has 0 aliphatic rings. The SMILES string of the molecule is Cc1ccc(S(=O)(=O)N(CC(=O)NCCc2ccc(F)cc2)c2cccc(C(F)(F)F)c2)cc1. The number of halogens is 4. The zero-order chi connectivity index (χ0) is 24.9. The maximum atomic E-state index is 13.3. The van der Waals surface area contributed by atoms with Crippen LogP contribution in [0.4, 0.5) is 23.2 Å². The molecule has 3 aromatic rings. The predicted molar refractivity (Wildman–Crippen MR) is 120 cm³/mol. The number of anilines is 1. The molecule has 3 aromatic carbocycles. The molecule has 0 aromatic heterocycles. The van der Waals surface area contributed by atoms with Crippen LogP contribution in [-0.4, -0.2) is 27.4 Å². The molecule has 0 bridgehead atoms. The number of nitrogens with zero attached hydrogens (tertiary/aromatic N) is 1. The van der Waals surface area contributed by atoms with Crippen LogP contribution in [0.5, 0.6) is 0 Å². The van der Waals surface area contributed by atoms with Crippen LogP contribution >= 0.6 is 0 Å². The van der Waals surface area contributed by atoms with Gasteiger partial charge in [-0.2, -0.15) is 13.2 Å². The van der Waals surface area contributed by atoms with Crippen LogP contribution in [0.25, 0.3) is 0 Å². The van der Waals surface area contributed by atoms with Crippen molar-refractivity contribution < 1.29 is 30.8 Å². The second-order valence-electron chi connectivity index (χ2n) is 7.60. The number of alkyl halides is 3. The lowest BCUT2D eigenvalue weighted by molar-refractivity contribution is -0.137. The normalized spacial score (nSPS) is 11.8. The first-order chi connectivity index (χ1) is 16.0. The van der Waals surface area contributed by atoms with Gasteiger partial charge >= 0.3 is 6.18 Å². The second-order valence-corrected chi connectivity index (χ2v) is 9.46. The number of carbonyl (C=O) groups excluding carboxylic acids is 1. The summed E-state index contributed by atoms with van der Waals surface area (Å²) in [5, 5.41) is 2.56. The van der Waals surface area contributed by atoms with E-state index in [1.54, 1.807) is 31.2 Å². The van der Waals surface area contributed by atoms with Crippen molar-refractivity contribution >= 4 is 21.6 Å². The molecule has 34 heavy (non-hydrogen) atoms. The molecule has 0 unspecified atom stereocenters. The first-order valence-corrected chi connectivity index (χ1v) is 11.7. The maximum Gasteiger partial charge on any atom is 0.416 e. The highest BCUT2D eigenvalue weighted by molar-refractivity contribution is 7.92. The molecule has 0 aliphatic carbocycles. The van der Waals surface area contributed by atoms with E-state index in [1.165, 1.54) is 30.3 Å². The number of aryl methyl sites for hydroxylation is 1. The Morgan fingerprint density at radius 1 is 0.971 bits per heavy atom. The summed E-state index contributed by atoms with van der Waals surface area (Å²) in [5.41, 5.74) is 0.224. The van der Waals surface area contributed by atoms with E-state index in [2.05, 4.69) is 5.32 Å². The van der Waals surface area contributed by atoms with Crippen molar-refractivity contribution in [2.75, 3.05) is 17.4 Å². The summed E-state index contributed by atoms with van der Waals surface area (Å²) < 4.78 is 80.0. The lowest BCUT2D eigenvalue weighted by Gasteiger charge is -2.25. The minimum Gasteiger partial charge on any atom is -0.354 e. The van der Waals surface area contributed by atoms with E-state index in [0.717, 1.165) is 23.3 Å². The van der Waals surface area contributed by atoms with Gasteiger partial charge in [0.25, 0.3) is 10.0 Å². The standard InChI is InChI=1S/C24H22F4N2O3S/c1-17-5-11-22(12-6-17)34(32,33)30(21-4-2-3-19(15-21)24(26,27)28)16-23(31)29-14-13-18-7-9-20(25)10-8-18/h2-12,15H,13-14,16H2,1H3,(H,29,31). The van der Waals surface area contributed by atoms with Crippen LogP contribution in [0, 0.1) is 12.7 Å². The summed E-state index contributed by atoms with van der Waals surface area (Å²) in [7, 11) is -4.35. The van der Waals surface area contributed by atoms with Crippen LogP contribution in [0.15, 0.2) is 77.7 Å². The molecule has 0 atom stereocenters. The topological polar surface area (TPSA) is 66.5 Å². The molecule has 5 nitrogen and oxygen atoms in total. The van der Waals surface area contributed by atoms with Gasteiger partial charge in [0.1, 0.15) is 12.4 Å². The predicted octanol–water partition coefficient (Wildman–Crippen LogP) is 4.71. The van der Waals surface area contributed by atoms with Gasteiger partial charge in [-0.3, -0.25) is 9.10 Å². The Morgan fingerprint density at radius 3 is 2.24 bits per heavy atom. The van der Waals surface area contributed by atoms with Crippen LogP contribution in [-0.2, 0) is 27.4 Å². The van der Waals surface area contributed by atoms with Gasteiger partial charge in [0.05, 0.1) is 16.1 Å². The van der Waals surface area contributed by atoms with E-state index in [4.69, 9.17) is 0 Å². The Labute approximate surface area is 195 Å². The molecule has 0 saturated heterocycles. The Bertz CT molecular complexity index is 1240. The highest BCUT2D eigenvalue weighted by Crippen LogP contribution is 2.33. The summed E-state index contributed by atoms with van der Waals surface area (Å²) in [6.07, 6.45) is -4.33. The van der Waals surface area contributed by atoms with Gasteiger partial charge in [-0.25, -0.2) is 12.8 Å². The number of rotatable bonds is 8. The molecule has 0 aliphatic heterocycles. The zero-order valence-electron chi connectivity index (χ0n) is 18.1. The van der Waals surface area contributed by atoms with Crippen LogP contribution in [0.2, 0.25) is 0 Å². The number of carbonyl (C=O) groups is 1. The van der Waals surface area contributed by atoms with E-state index in [9.17, 15) is 30.8 Å². The molecule has 180 valence electrons. The fraction of sp³-hybridized carbons (Fsp3) is 0.208. The molecule has 1 amide bonds. The van der Waals surface area contributed by atoms with Crippen molar-refractivity contribution in [2.24, 2.45) is 0 Å². The summed E-state index contributed by atoms with van der Waals surface area (Å²) in [6, 6.07) is 15.2. The third-order valence-electron chi connectivity index (χ3n) is 5.01. The summed E-state index contributed by atoms with van der Waals surface area (Å²) in [4.78, 5) is 12.4. The molecule has 0 saturated carbocycles. The van der Waals surface area contributed by atoms with E-state index in [0.29, 0.717) is 16.8 Å². The lowest BCUT2D eigenvalue weighted by atomic mass is 10.1. The second kappa shape index (κ2) is 10.3. The largest absolute Gasteiger partial charge is 0.416 e. The highest BCUT2D eigenvalue weighted by Gasteiger charge is 2.33. The van der Waals surface area contributed by atoms with Crippen LogP contribution in [0.3, 0.4) is 0 Å². The minimum atomic E-state index is -4.69. The van der Waals surface area contributed by atoms with Crippen LogP contribution < -0.4 is 9.62 Å². The van der Waals surface area contributed by atoms with Gasteiger partial charge in [0.15, 0.2) is 0 Å². The van der Waals surface area contributed by atoms with Gasteiger partial charge in [-0.15, -0.1) is 0 Å². The minimum absolute atomic E-state index is 0.130. The van der Waals surface area contributed by atoms with Crippen molar-refractivity contribution in [2.45, 2.75) is 24.4 Å². The van der Waals surface area contributed by atoms with E-state index in [1.807, 2.05) is 0 Å². The Balaban J connectivity index is 1.85. The average molecular weight is 495 g/mol. The van der Waals surface area contributed by atoms with Gasteiger partial charge < -0.3 is 5.32 Å². The number of amides is 1. The first kappa shape index (κ1) is 25.2. The summed E-state index contributed by atoms with van der Waals surface area (Å²) >= 11 is 0. The molecule has 0 spiro atoms. The maximum absolute atomic E-state index is 13.3. The number of nitrogens with one attached hydrogen (secondary N) is 1. The van der Waals surface area contributed by atoms with Crippen molar-refractivity contribution in [3.05, 3.63) is 95.3 Å².